The Bertz CT molecular complexity index is 475. The van der Waals surface area contributed by atoms with Gasteiger partial charge in [0, 0.05) is 33.4 Å². The van der Waals surface area contributed by atoms with Crippen molar-refractivity contribution < 1.29 is 19.4 Å². The Balaban J connectivity index is 1.80. The van der Waals surface area contributed by atoms with Crippen LogP contribution < -0.4 is 0 Å². The van der Waals surface area contributed by atoms with Crippen LogP contribution in [0, 0.1) is 0 Å². The van der Waals surface area contributed by atoms with Crippen LogP contribution in [0.5, 0.6) is 0 Å². The molecule has 116 valence electrons. The van der Waals surface area contributed by atoms with Gasteiger partial charge in [-0.3, -0.25) is 4.90 Å². The third kappa shape index (κ3) is 4.52. The highest BCUT2D eigenvalue weighted by atomic mass is 16.5. The molecule has 0 saturated carbocycles. The molecular formula is C16H23NO4. The zero-order chi connectivity index (χ0) is 15.1. The minimum atomic E-state index is -0.827. The van der Waals surface area contributed by atoms with E-state index >= 15 is 0 Å². The van der Waals surface area contributed by atoms with Gasteiger partial charge < -0.3 is 14.6 Å². The van der Waals surface area contributed by atoms with E-state index in [-0.39, 0.29) is 0 Å². The molecule has 0 aliphatic carbocycles. The van der Waals surface area contributed by atoms with Crippen LogP contribution in [0.3, 0.4) is 0 Å². The number of aromatic carboxylic acids is 1. The first kappa shape index (κ1) is 15.9. The maximum Gasteiger partial charge on any atom is 0.335 e. The van der Waals surface area contributed by atoms with Gasteiger partial charge in [0.05, 0.1) is 18.8 Å². The van der Waals surface area contributed by atoms with Crippen LogP contribution in [-0.4, -0.2) is 56.0 Å². The fourth-order valence-corrected chi connectivity index (χ4v) is 2.69. The summed E-state index contributed by atoms with van der Waals surface area (Å²) in [7, 11) is 1.67. The van der Waals surface area contributed by atoms with Gasteiger partial charge >= 0.3 is 5.97 Å². The molecule has 21 heavy (non-hydrogen) atoms. The lowest BCUT2D eigenvalue weighted by Crippen LogP contribution is -2.32. The molecule has 0 radical (unpaired) electrons. The van der Waals surface area contributed by atoms with Crippen LogP contribution in [0.2, 0.25) is 0 Å². The van der Waals surface area contributed by atoms with E-state index in [1.54, 1.807) is 13.2 Å². The minimum Gasteiger partial charge on any atom is -0.478 e. The van der Waals surface area contributed by atoms with Crippen LogP contribution in [-0.2, 0) is 22.4 Å². The summed E-state index contributed by atoms with van der Waals surface area (Å²) in [5, 5.41) is 9.21. The van der Waals surface area contributed by atoms with Crippen LogP contribution >= 0.6 is 0 Å². The summed E-state index contributed by atoms with van der Waals surface area (Å²) in [5.74, 6) is -0.827. The summed E-state index contributed by atoms with van der Waals surface area (Å²) in [6.45, 7) is 4.73. The molecule has 0 aromatic heterocycles. The standard InChI is InChI=1S/C16H23NO4/c1-20-10-11-21-9-3-7-17-8-6-14-13(12-17)4-2-5-15(14)16(18)19/h2,4-5H,3,6-12H2,1H3,(H,18,19). The van der Waals surface area contributed by atoms with Crippen molar-refractivity contribution >= 4 is 5.97 Å². The zero-order valence-electron chi connectivity index (χ0n) is 12.5. The van der Waals surface area contributed by atoms with E-state index in [1.807, 2.05) is 12.1 Å². The molecule has 0 fully saturated rings. The van der Waals surface area contributed by atoms with Crippen LogP contribution in [0.25, 0.3) is 0 Å². The Morgan fingerprint density at radius 3 is 2.95 bits per heavy atom. The summed E-state index contributed by atoms with van der Waals surface area (Å²) < 4.78 is 10.4. The Morgan fingerprint density at radius 2 is 2.19 bits per heavy atom. The van der Waals surface area contributed by atoms with E-state index in [2.05, 4.69) is 4.90 Å². The number of nitrogens with zero attached hydrogens (tertiary/aromatic N) is 1. The smallest absolute Gasteiger partial charge is 0.335 e. The number of fused-ring (bicyclic) bond motifs is 1. The SMILES string of the molecule is COCCOCCCN1CCc2c(cccc2C(=O)O)C1. The number of rotatable bonds is 8. The highest BCUT2D eigenvalue weighted by molar-refractivity contribution is 5.89. The van der Waals surface area contributed by atoms with E-state index < -0.39 is 5.97 Å². The van der Waals surface area contributed by atoms with Crippen LogP contribution in [0.4, 0.5) is 0 Å². The number of hydrogen-bond donors (Lipinski definition) is 1. The average molecular weight is 293 g/mol. The molecule has 5 nitrogen and oxygen atoms in total. The second kappa shape index (κ2) is 8.12. The molecule has 0 bridgehead atoms. The number of hydrogen-bond acceptors (Lipinski definition) is 4. The highest BCUT2D eigenvalue weighted by Gasteiger charge is 2.20. The first-order valence-corrected chi connectivity index (χ1v) is 7.35. The molecule has 0 amide bonds. The van der Waals surface area contributed by atoms with Crippen molar-refractivity contribution in [2.45, 2.75) is 19.4 Å². The molecule has 0 unspecified atom stereocenters. The quantitative estimate of drug-likeness (QED) is 0.741. The minimum absolute atomic E-state index is 0.454. The zero-order valence-corrected chi connectivity index (χ0v) is 12.5. The monoisotopic (exact) mass is 293 g/mol. The lowest BCUT2D eigenvalue weighted by atomic mass is 9.94. The number of benzene rings is 1. The van der Waals surface area contributed by atoms with Gasteiger partial charge in [0.15, 0.2) is 0 Å². The Kier molecular flexibility index (Phi) is 6.17. The number of carboxylic acid groups (broad SMARTS) is 1. The number of methoxy groups -OCH3 is 1. The summed E-state index contributed by atoms with van der Waals surface area (Å²) in [5.41, 5.74) is 2.59. The number of carbonyl (C=O) groups is 1. The molecule has 1 aromatic rings. The summed E-state index contributed by atoms with van der Waals surface area (Å²) in [6, 6.07) is 5.56. The maximum absolute atomic E-state index is 11.2. The van der Waals surface area contributed by atoms with Gasteiger partial charge in [0.25, 0.3) is 0 Å². The lowest BCUT2D eigenvalue weighted by molar-refractivity contribution is 0.0644. The molecular weight excluding hydrogens is 270 g/mol. The van der Waals surface area contributed by atoms with E-state index in [4.69, 9.17) is 9.47 Å². The molecule has 0 spiro atoms. The van der Waals surface area contributed by atoms with Crippen molar-refractivity contribution in [3.05, 3.63) is 34.9 Å². The fraction of sp³-hybridized carbons (Fsp3) is 0.562. The largest absolute Gasteiger partial charge is 0.478 e. The highest BCUT2D eigenvalue weighted by Crippen LogP contribution is 2.22. The Morgan fingerprint density at radius 1 is 1.33 bits per heavy atom. The topological polar surface area (TPSA) is 59.0 Å². The first-order valence-electron chi connectivity index (χ1n) is 7.35. The first-order chi connectivity index (χ1) is 10.2. The maximum atomic E-state index is 11.2. The molecule has 5 heteroatoms. The van der Waals surface area contributed by atoms with E-state index in [9.17, 15) is 9.90 Å². The molecule has 1 aliphatic rings. The van der Waals surface area contributed by atoms with Gasteiger partial charge in [0.1, 0.15) is 0 Å². The van der Waals surface area contributed by atoms with Crippen molar-refractivity contribution in [2.24, 2.45) is 0 Å². The van der Waals surface area contributed by atoms with E-state index in [0.717, 1.165) is 50.2 Å². The van der Waals surface area contributed by atoms with Crippen molar-refractivity contribution in [1.29, 1.82) is 0 Å². The normalized spacial score (nSPS) is 14.9. The Labute approximate surface area is 125 Å². The Hall–Kier alpha value is -1.43. The van der Waals surface area contributed by atoms with Crippen molar-refractivity contribution in [2.75, 3.05) is 40.0 Å². The molecule has 1 aromatic carbocycles. The second-order valence-electron chi connectivity index (χ2n) is 5.23. The molecule has 1 aliphatic heterocycles. The molecule has 0 saturated heterocycles. The fourth-order valence-electron chi connectivity index (χ4n) is 2.69. The van der Waals surface area contributed by atoms with Crippen molar-refractivity contribution in [3.8, 4) is 0 Å². The predicted molar refractivity (Wildman–Crippen MR) is 79.7 cm³/mol. The summed E-state index contributed by atoms with van der Waals surface area (Å²) >= 11 is 0. The van der Waals surface area contributed by atoms with Crippen LogP contribution in [0.1, 0.15) is 27.9 Å². The number of carboxylic acids is 1. The van der Waals surface area contributed by atoms with Crippen molar-refractivity contribution in [3.63, 3.8) is 0 Å². The van der Waals surface area contributed by atoms with Gasteiger partial charge in [-0.1, -0.05) is 12.1 Å². The second-order valence-corrected chi connectivity index (χ2v) is 5.23. The van der Waals surface area contributed by atoms with Gasteiger partial charge in [-0.05, 0) is 30.0 Å². The number of ether oxygens (including phenoxy) is 2. The summed E-state index contributed by atoms with van der Waals surface area (Å²) in [4.78, 5) is 13.6. The molecule has 1 N–H and O–H groups in total. The molecule has 1 heterocycles. The van der Waals surface area contributed by atoms with Gasteiger partial charge in [-0.25, -0.2) is 4.79 Å². The predicted octanol–water partition coefficient (Wildman–Crippen LogP) is 1.80. The third-order valence-corrected chi connectivity index (χ3v) is 3.77. The van der Waals surface area contributed by atoms with E-state index in [0.29, 0.717) is 18.8 Å². The lowest BCUT2D eigenvalue weighted by Gasteiger charge is -2.29. The van der Waals surface area contributed by atoms with Crippen molar-refractivity contribution in [1.82, 2.24) is 4.90 Å². The third-order valence-electron chi connectivity index (χ3n) is 3.77. The van der Waals surface area contributed by atoms with E-state index in [1.165, 1.54) is 0 Å². The van der Waals surface area contributed by atoms with Gasteiger partial charge in [0.2, 0.25) is 0 Å². The average Bonchev–Trinajstić information content (AvgIpc) is 2.49. The summed E-state index contributed by atoms with van der Waals surface area (Å²) in [6.07, 6.45) is 1.79. The molecule has 2 rings (SSSR count). The van der Waals surface area contributed by atoms with Gasteiger partial charge in [-0.15, -0.1) is 0 Å². The van der Waals surface area contributed by atoms with Gasteiger partial charge in [-0.2, -0.15) is 0 Å². The van der Waals surface area contributed by atoms with Crippen LogP contribution in [0.15, 0.2) is 18.2 Å². The molecule has 0 atom stereocenters.